The van der Waals surface area contributed by atoms with Crippen LogP contribution >= 0.6 is 0 Å². The Morgan fingerprint density at radius 2 is 1.66 bits per heavy atom. The number of allylic oxidation sites excluding steroid dienone is 2. The van der Waals surface area contributed by atoms with Crippen LogP contribution in [0.2, 0.25) is 0 Å². The number of hydrogen-bond donors (Lipinski definition) is 1. The summed E-state index contributed by atoms with van der Waals surface area (Å²) in [4.78, 5) is 0.0401. The number of fused-ring (bicyclic) bond motifs is 2. The van der Waals surface area contributed by atoms with Crippen molar-refractivity contribution in [2.24, 2.45) is 5.73 Å². The molecule has 0 amide bonds. The Morgan fingerprint density at radius 1 is 1.00 bits per heavy atom. The smallest absolute Gasteiger partial charge is 0.265 e. The molecule has 0 bridgehead atoms. The van der Waals surface area contributed by atoms with Crippen LogP contribution in [0.15, 0.2) is 89.2 Å². The molecule has 3 aromatic rings. The molecule has 2 aliphatic heterocycles. The van der Waals surface area contributed by atoms with E-state index in [0.717, 1.165) is 23.1 Å². The average molecular weight is 484 g/mol. The molecule has 2 aliphatic rings. The highest BCUT2D eigenvalue weighted by molar-refractivity contribution is 7.96. The molecule has 2 heterocycles. The van der Waals surface area contributed by atoms with Gasteiger partial charge in [-0.1, -0.05) is 73.2 Å². The van der Waals surface area contributed by atoms with Crippen molar-refractivity contribution in [3.8, 4) is 6.07 Å². The van der Waals surface area contributed by atoms with Gasteiger partial charge in [0.05, 0.1) is 18.2 Å². The molecule has 176 valence electrons. The summed E-state index contributed by atoms with van der Waals surface area (Å²) in [5, 5.41) is 9.98. The van der Waals surface area contributed by atoms with Gasteiger partial charge in [-0.2, -0.15) is 5.26 Å². The fourth-order valence-corrected chi connectivity index (χ4v) is 6.53. The molecule has 5 rings (SSSR count). The molecule has 0 saturated heterocycles. The quantitative estimate of drug-likeness (QED) is 0.558. The van der Waals surface area contributed by atoms with E-state index in [1.54, 1.807) is 12.1 Å². The highest BCUT2D eigenvalue weighted by atomic mass is 32.2. The molecule has 0 saturated carbocycles. The van der Waals surface area contributed by atoms with E-state index in [4.69, 9.17) is 10.5 Å². The minimum atomic E-state index is -4.08. The van der Waals surface area contributed by atoms with Gasteiger partial charge in [0.25, 0.3) is 10.0 Å². The van der Waals surface area contributed by atoms with Gasteiger partial charge in [-0.25, -0.2) is 8.42 Å². The van der Waals surface area contributed by atoms with Crippen LogP contribution in [0.4, 0.5) is 5.69 Å². The predicted molar refractivity (Wildman–Crippen MR) is 136 cm³/mol. The molecule has 0 unspecified atom stereocenters. The molecular formula is C28H25N3O3S. The number of nitriles is 1. The van der Waals surface area contributed by atoms with Crippen molar-refractivity contribution in [3.63, 3.8) is 0 Å². The number of para-hydroxylation sites is 1. The molecule has 7 heteroatoms. The molecule has 0 radical (unpaired) electrons. The minimum Gasteiger partial charge on any atom is -0.439 e. The molecule has 0 fully saturated rings. The normalized spacial score (nSPS) is 18.4. The fourth-order valence-electron chi connectivity index (χ4n) is 4.62. The first-order valence-electron chi connectivity index (χ1n) is 11.4. The fraction of sp³-hybridized carbons (Fsp3) is 0.179. The second-order valence-electron chi connectivity index (χ2n) is 8.73. The van der Waals surface area contributed by atoms with Crippen LogP contribution in [0.25, 0.3) is 5.76 Å². The number of rotatable bonds is 4. The number of anilines is 1. The van der Waals surface area contributed by atoms with Gasteiger partial charge in [-0.3, -0.25) is 4.31 Å². The van der Waals surface area contributed by atoms with Crippen LogP contribution in [-0.2, 0) is 27.7 Å². The highest BCUT2D eigenvalue weighted by Crippen LogP contribution is 2.51. The third-order valence-electron chi connectivity index (χ3n) is 6.53. The van der Waals surface area contributed by atoms with Crippen LogP contribution < -0.4 is 10.0 Å². The van der Waals surface area contributed by atoms with Gasteiger partial charge in [0.15, 0.2) is 5.76 Å². The number of ether oxygens (including phenoxy) is 1. The maximum absolute atomic E-state index is 14.3. The monoisotopic (exact) mass is 483 g/mol. The maximum Gasteiger partial charge on any atom is 0.265 e. The van der Waals surface area contributed by atoms with Crippen LogP contribution in [-0.4, -0.2) is 8.42 Å². The topological polar surface area (TPSA) is 96.4 Å². The lowest BCUT2D eigenvalue weighted by molar-refractivity contribution is 0.357. The lowest BCUT2D eigenvalue weighted by atomic mass is 9.87. The molecular weight excluding hydrogens is 458 g/mol. The zero-order chi connectivity index (χ0) is 24.7. The maximum atomic E-state index is 14.3. The first kappa shape index (κ1) is 22.8. The third kappa shape index (κ3) is 3.76. The summed E-state index contributed by atoms with van der Waals surface area (Å²) >= 11 is 0. The zero-order valence-electron chi connectivity index (χ0n) is 19.5. The number of hydrogen-bond acceptors (Lipinski definition) is 5. The van der Waals surface area contributed by atoms with Crippen LogP contribution in [0.5, 0.6) is 0 Å². The summed E-state index contributed by atoms with van der Waals surface area (Å²) in [6, 6.07) is 24.7. The van der Waals surface area contributed by atoms with Crippen molar-refractivity contribution in [1.82, 2.24) is 0 Å². The van der Waals surface area contributed by atoms with Gasteiger partial charge < -0.3 is 10.5 Å². The predicted octanol–water partition coefficient (Wildman–Crippen LogP) is 5.08. The second-order valence-corrected chi connectivity index (χ2v) is 10.6. The van der Waals surface area contributed by atoms with E-state index in [0.29, 0.717) is 16.8 Å². The summed E-state index contributed by atoms with van der Waals surface area (Å²) < 4.78 is 35.8. The van der Waals surface area contributed by atoms with Crippen molar-refractivity contribution in [3.05, 3.63) is 117 Å². The molecule has 0 aromatic heterocycles. The second kappa shape index (κ2) is 8.64. The highest BCUT2D eigenvalue weighted by Gasteiger charge is 2.47. The molecule has 1 atom stereocenters. The Bertz CT molecular complexity index is 1510. The van der Waals surface area contributed by atoms with Gasteiger partial charge in [-0.15, -0.1) is 0 Å². The minimum absolute atomic E-state index is 0.0401. The van der Waals surface area contributed by atoms with E-state index in [9.17, 15) is 13.7 Å². The summed E-state index contributed by atoms with van der Waals surface area (Å²) in [5.41, 5.74) is 11.2. The summed E-state index contributed by atoms with van der Waals surface area (Å²) in [6.07, 6.45) is 0.848. The van der Waals surface area contributed by atoms with Crippen LogP contribution in [0.1, 0.15) is 40.7 Å². The van der Waals surface area contributed by atoms with Crippen LogP contribution in [0, 0.1) is 18.3 Å². The van der Waals surface area contributed by atoms with Crippen molar-refractivity contribution in [2.45, 2.75) is 32.7 Å². The Balaban J connectivity index is 1.73. The van der Waals surface area contributed by atoms with Crippen molar-refractivity contribution in [1.29, 1.82) is 5.26 Å². The average Bonchev–Trinajstić information content (AvgIpc) is 2.87. The van der Waals surface area contributed by atoms with Crippen molar-refractivity contribution in [2.75, 3.05) is 4.31 Å². The summed E-state index contributed by atoms with van der Waals surface area (Å²) in [5.74, 6) is -0.761. The molecule has 6 nitrogen and oxygen atoms in total. The molecule has 2 N–H and O–H groups in total. The number of sulfonamides is 1. The van der Waals surface area contributed by atoms with Crippen molar-refractivity contribution < 1.29 is 13.2 Å². The zero-order valence-corrected chi connectivity index (χ0v) is 20.3. The number of aryl methyl sites for hydroxylation is 2. The van der Waals surface area contributed by atoms with E-state index < -0.39 is 15.9 Å². The number of nitrogens with zero attached hydrogens (tertiary/aromatic N) is 2. The van der Waals surface area contributed by atoms with Crippen LogP contribution in [0.3, 0.4) is 0 Å². The molecule has 35 heavy (non-hydrogen) atoms. The lowest BCUT2D eigenvalue weighted by Crippen LogP contribution is -2.39. The van der Waals surface area contributed by atoms with Crippen molar-refractivity contribution >= 4 is 21.5 Å². The Kier molecular flexibility index (Phi) is 5.62. The van der Waals surface area contributed by atoms with E-state index in [-0.39, 0.29) is 28.7 Å². The first-order chi connectivity index (χ1) is 16.8. The molecule has 3 aromatic carbocycles. The van der Waals surface area contributed by atoms with Gasteiger partial charge in [0, 0.05) is 5.56 Å². The summed E-state index contributed by atoms with van der Waals surface area (Å²) in [6.45, 7) is 4.19. The van der Waals surface area contributed by atoms with E-state index in [1.165, 1.54) is 4.31 Å². The van der Waals surface area contributed by atoms with Gasteiger partial charge in [-0.05, 0) is 42.2 Å². The molecule has 0 aliphatic carbocycles. The number of nitrogens with two attached hydrogens (primary N) is 1. The Morgan fingerprint density at radius 3 is 2.31 bits per heavy atom. The van der Waals surface area contributed by atoms with E-state index in [2.05, 4.69) is 6.07 Å². The van der Waals surface area contributed by atoms with Gasteiger partial charge >= 0.3 is 0 Å². The van der Waals surface area contributed by atoms with E-state index in [1.807, 2.05) is 74.5 Å². The SMILES string of the molecule is CCc1ccc([C@@H]2C(C#N)=C(N)OC3=C2S(=O)(=O)N(Cc2ccc(C)cc2)c2ccccc23)cc1. The van der Waals surface area contributed by atoms with E-state index >= 15 is 0 Å². The largest absolute Gasteiger partial charge is 0.439 e. The Labute approximate surface area is 205 Å². The molecule has 0 spiro atoms. The van der Waals surface area contributed by atoms with Gasteiger partial charge in [0.1, 0.15) is 16.5 Å². The lowest BCUT2D eigenvalue weighted by Gasteiger charge is -2.38. The first-order valence-corrected chi connectivity index (χ1v) is 12.9. The van der Waals surface area contributed by atoms with Gasteiger partial charge in [0.2, 0.25) is 5.88 Å². The summed E-state index contributed by atoms with van der Waals surface area (Å²) in [7, 11) is -4.08. The third-order valence-corrected chi connectivity index (χ3v) is 8.41. The standard InChI is InChI=1S/C28H25N3O3S/c1-3-19-12-14-21(15-13-19)25-23(16-29)28(30)34-26-22-6-4-5-7-24(22)31(35(32,33)27(25)26)17-20-10-8-18(2)9-11-20/h4-15,25H,3,17,30H2,1-2H3/t25-/m1/s1. The number of benzene rings is 3. The Hall–Kier alpha value is -4.02.